The Morgan fingerprint density at radius 3 is 3.00 bits per heavy atom. The molecule has 2 aromatic rings. The summed E-state index contributed by atoms with van der Waals surface area (Å²) in [5, 5.41) is 25.1. The number of carbonyl (C=O) groups excluding carboxylic acids is 1. The van der Waals surface area contributed by atoms with Gasteiger partial charge >= 0.3 is 0 Å². The molecule has 2 aliphatic carbocycles. The number of piperidine rings is 1. The summed E-state index contributed by atoms with van der Waals surface area (Å²) < 4.78 is 6.54. The van der Waals surface area contributed by atoms with Gasteiger partial charge in [0.25, 0.3) is 0 Å². The summed E-state index contributed by atoms with van der Waals surface area (Å²) in [6.45, 7) is 5.47. The van der Waals surface area contributed by atoms with Crippen molar-refractivity contribution in [2.75, 3.05) is 20.1 Å². The zero-order valence-electron chi connectivity index (χ0n) is 19.3. The van der Waals surface area contributed by atoms with Crippen molar-refractivity contribution in [3.63, 3.8) is 0 Å². The molecule has 6 rings (SSSR count). The number of rotatable bonds is 5. The molecule has 5 atom stereocenters. The number of aliphatic hydroxyl groups is 1. The standard InChI is InChI=1S/C27H30N2O4S/c1-3-13-29-14-12-26-23-17-6-8-20(30)24(23)33-25(26)19(10-11-27(26,32)21(29)16-17)28(2)22(31)9-7-18-5-4-15-34-18/h3-9,15,19,21,25,30,32H,1,10-14,16H2,2H3/b9-7+/t19-,21+,25-,26-,27+/m0/s1. The average Bonchev–Trinajstić information content (AvgIpc) is 3.46. The van der Waals surface area contributed by atoms with Gasteiger partial charge in [-0.3, -0.25) is 9.69 Å². The summed E-state index contributed by atoms with van der Waals surface area (Å²) in [4.78, 5) is 18.3. The maximum atomic E-state index is 13.2. The van der Waals surface area contributed by atoms with Crippen molar-refractivity contribution in [1.29, 1.82) is 0 Å². The van der Waals surface area contributed by atoms with Crippen molar-refractivity contribution in [3.05, 3.63) is 64.4 Å². The molecular formula is C27H30N2O4S. The van der Waals surface area contributed by atoms with Gasteiger partial charge in [0.2, 0.25) is 5.91 Å². The number of amides is 1. The van der Waals surface area contributed by atoms with Gasteiger partial charge < -0.3 is 19.8 Å². The van der Waals surface area contributed by atoms with Crippen LogP contribution in [0.15, 0.2) is 48.4 Å². The number of hydrogen-bond acceptors (Lipinski definition) is 6. The molecule has 1 aromatic heterocycles. The number of phenols is 1. The van der Waals surface area contributed by atoms with Crippen molar-refractivity contribution in [3.8, 4) is 11.5 Å². The van der Waals surface area contributed by atoms with E-state index in [1.54, 1.807) is 28.4 Å². The zero-order chi connectivity index (χ0) is 23.7. The van der Waals surface area contributed by atoms with E-state index in [0.717, 1.165) is 29.1 Å². The summed E-state index contributed by atoms with van der Waals surface area (Å²) in [6.07, 6.45) is 7.60. The maximum absolute atomic E-state index is 13.2. The third kappa shape index (κ3) is 2.78. The molecule has 3 heterocycles. The van der Waals surface area contributed by atoms with E-state index in [1.807, 2.05) is 42.8 Å². The number of nitrogens with zero attached hydrogens (tertiary/aromatic N) is 2. The molecule has 0 unspecified atom stereocenters. The number of phenolic OH excluding ortho intramolecular Hbond substituents is 1. The molecule has 4 aliphatic rings. The van der Waals surface area contributed by atoms with Gasteiger partial charge in [0.05, 0.1) is 17.1 Å². The summed E-state index contributed by atoms with van der Waals surface area (Å²) in [5.41, 5.74) is 0.463. The van der Waals surface area contributed by atoms with Crippen LogP contribution in [0.4, 0.5) is 0 Å². The first-order valence-corrected chi connectivity index (χ1v) is 12.9. The molecular weight excluding hydrogens is 448 g/mol. The van der Waals surface area contributed by atoms with E-state index in [-0.39, 0.29) is 23.7 Å². The minimum atomic E-state index is -0.988. The third-order valence-corrected chi connectivity index (χ3v) is 9.52. The molecule has 1 aromatic carbocycles. The van der Waals surface area contributed by atoms with Crippen molar-refractivity contribution in [1.82, 2.24) is 9.80 Å². The van der Waals surface area contributed by atoms with E-state index in [0.29, 0.717) is 31.4 Å². The third-order valence-electron chi connectivity index (χ3n) is 8.68. The molecule has 1 spiro atoms. The lowest BCUT2D eigenvalue weighted by atomic mass is 9.48. The lowest BCUT2D eigenvalue weighted by Crippen LogP contribution is -2.78. The summed E-state index contributed by atoms with van der Waals surface area (Å²) in [7, 11) is 1.83. The minimum absolute atomic E-state index is 0.0472. The van der Waals surface area contributed by atoms with Crippen LogP contribution < -0.4 is 4.74 Å². The number of aromatic hydroxyl groups is 1. The highest BCUT2D eigenvalue weighted by Crippen LogP contribution is 2.65. The quantitative estimate of drug-likeness (QED) is 0.510. The molecule has 0 radical (unpaired) electrons. The van der Waals surface area contributed by atoms with Crippen LogP contribution in [0.5, 0.6) is 11.5 Å². The SMILES string of the molecule is C=CCN1CC[C@]23c4c5ccc(O)c4O[C@H]2[C@@H](N(C)C(=O)/C=C/c2cccs2)CC[C@@]3(O)[C@H]1C5. The largest absolute Gasteiger partial charge is 0.504 e. The van der Waals surface area contributed by atoms with Crippen LogP contribution in [-0.4, -0.2) is 69.8 Å². The second-order valence-corrected chi connectivity index (χ2v) is 11.0. The number of likely N-dealkylation sites (tertiary alicyclic amines) is 1. The van der Waals surface area contributed by atoms with Crippen LogP contribution in [0, 0.1) is 0 Å². The van der Waals surface area contributed by atoms with Crippen molar-refractivity contribution in [2.45, 2.75) is 54.9 Å². The van der Waals surface area contributed by atoms with Crippen LogP contribution in [0.3, 0.4) is 0 Å². The molecule has 1 amide bonds. The number of likely N-dealkylation sites (N-methyl/N-ethyl adjacent to an activating group) is 1. The average molecular weight is 479 g/mol. The molecule has 2 bridgehead atoms. The number of thiophene rings is 1. The van der Waals surface area contributed by atoms with E-state index in [9.17, 15) is 15.0 Å². The first-order valence-electron chi connectivity index (χ1n) is 12.0. The van der Waals surface area contributed by atoms with Crippen molar-refractivity contribution >= 4 is 23.3 Å². The van der Waals surface area contributed by atoms with E-state index in [4.69, 9.17) is 4.74 Å². The van der Waals surface area contributed by atoms with Gasteiger partial charge in [-0.05, 0) is 61.4 Å². The Kier molecular flexibility index (Phi) is 4.96. The number of benzene rings is 1. The Hall–Kier alpha value is -2.61. The fourth-order valence-corrected chi connectivity index (χ4v) is 7.82. The molecule has 2 fully saturated rings. The Balaban J connectivity index is 1.41. The number of ether oxygens (including phenoxy) is 1. The predicted octanol–water partition coefficient (Wildman–Crippen LogP) is 3.33. The van der Waals surface area contributed by atoms with E-state index in [1.165, 1.54) is 0 Å². The van der Waals surface area contributed by atoms with Crippen LogP contribution in [0.2, 0.25) is 0 Å². The fraction of sp³-hybridized carbons (Fsp3) is 0.444. The Labute approximate surface area is 203 Å². The van der Waals surface area contributed by atoms with Crippen molar-refractivity contribution in [2.24, 2.45) is 0 Å². The van der Waals surface area contributed by atoms with E-state index < -0.39 is 17.1 Å². The highest BCUT2D eigenvalue weighted by molar-refractivity contribution is 7.10. The lowest BCUT2D eigenvalue weighted by Gasteiger charge is -2.64. The fourth-order valence-electron chi connectivity index (χ4n) is 7.21. The van der Waals surface area contributed by atoms with Crippen LogP contribution in [0.25, 0.3) is 6.08 Å². The summed E-state index contributed by atoms with van der Waals surface area (Å²) in [6, 6.07) is 7.38. The topological polar surface area (TPSA) is 73.2 Å². The molecule has 1 saturated carbocycles. The molecule has 7 heteroatoms. The number of hydrogen-bond donors (Lipinski definition) is 2. The maximum Gasteiger partial charge on any atom is 0.246 e. The monoisotopic (exact) mass is 478 g/mol. The van der Waals surface area contributed by atoms with E-state index >= 15 is 0 Å². The van der Waals surface area contributed by atoms with Crippen LogP contribution in [0.1, 0.15) is 35.3 Å². The second-order valence-electron chi connectivity index (χ2n) is 10.0. The number of carbonyl (C=O) groups is 1. The molecule has 1 saturated heterocycles. The first kappa shape index (κ1) is 21.9. The first-order chi connectivity index (χ1) is 16.4. The van der Waals surface area contributed by atoms with Gasteiger partial charge in [-0.15, -0.1) is 17.9 Å². The van der Waals surface area contributed by atoms with Crippen LogP contribution in [-0.2, 0) is 16.6 Å². The second kappa shape index (κ2) is 7.70. The molecule has 34 heavy (non-hydrogen) atoms. The predicted molar refractivity (Wildman–Crippen MR) is 132 cm³/mol. The molecule has 2 aliphatic heterocycles. The lowest BCUT2D eigenvalue weighted by molar-refractivity contribution is -0.198. The van der Waals surface area contributed by atoms with E-state index in [2.05, 4.69) is 11.5 Å². The zero-order valence-corrected chi connectivity index (χ0v) is 20.1. The summed E-state index contributed by atoms with van der Waals surface area (Å²) in [5.74, 6) is 0.529. The van der Waals surface area contributed by atoms with Gasteiger partial charge in [-0.25, -0.2) is 0 Å². The van der Waals surface area contributed by atoms with Gasteiger partial charge in [-0.1, -0.05) is 18.2 Å². The van der Waals surface area contributed by atoms with Crippen molar-refractivity contribution < 1.29 is 19.7 Å². The van der Waals surface area contributed by atoms with Crippen LogP contribution >= 0.6 is 11.3 Å². The highest BCUT2D eigenvalue weighted by atomic mass is 32.1. The Morgan fingerprint density at radius 2 is 2.24 bits per heavy atom. The van der Waals surface area contributed by atoms with Gasteiger partial charge in [0.15, 0.2) is 11.5 Å². The Morgan fingerprint density at radius 1 is 1.38 bits per heavy atom. The molecule has 6 nitrogen and oxygen atoms in total. The van der Waals surface area contributed by atoms with Gasteiger partial charge in [0.1, 0.15) is 6.10 Å². The van der Waals surface area contributed by atoms with Gasteiger partial charge in [0, 0.05) is 36.2 Å². The smallest absolute Gasteiger partial charge is 0.246 e. The minimum Gasteiger partial charge on any atom is -0.504 e. The normalized spacial score (nSPS) is 33.4. The summed E-state index contributed by atoms with van der Waals surface area (Å²) >= 11 is 1.59. The Bertz CT molecular complexity index is 1180. The molecule has 2 N–H and O–H groups in total. The highest BCUT2D eigenvalue weighted by Gasteiger charge is 2.73. The molecule has 178 valence electrons. The van der Waals surface area contributed by atoms with Gasteiger partial charge in [-0.2, -0.15) is 0 Å².